The number of aliphatic hydroxyl groups is 3. The van der Waals surface area contributed by atoms with Crippen LogP contribution in [0, 0.1) is 17.7 Å². The highest BCUT2D eigenvalue weighted by Gasteiger charge is 2.52. The van der Waals surface area contributed by atoms with Crippen LogP contribution in [0.1, 0.15) is 38.5 Å². The van der Waals surface area contributed by atoms with Crippen LogP contribution in [-0.2, 0) is 19.2 Å². The number of hydrogen-bond acceptors (Lipinski definition) is 10. The Labute approximate surface area is 254 Å². The number of carboxylic acid groups (broad SMARTS) is 2. The summed E-state index contributed by atoms with van der Waals surface area (Å²) in [5.74, 6) is -4.11. The van der Waals surface area contributed by atoms with Gasteiger partial charge < -0.3 is 35.2 Å². The first-order valence-corrected chi connectivity index (χ1v) is 14.9. The van der Waals surface area contributed by atoms with E-state index in [1.165, 1.54) is 12.1 Å². The van der Waals surface area contributed by atoms with Gasteiger partial charge in [-0.15, -0.1) is 0 Å². The summed E-state index contributed by atoms with van der Waals surface area (Å²) in [6.45, 7) is 2.77. The van der Waals surface area contributed by atoms with Crippen molar-refractivity contribution in [3.05, 3.63) is 36.2 Å². The molecule has 44 heavy (non-hydrogen) atoms. The molecule has 2 amide bonds. The molecule has 2 heterocycles. The number of rotatable bonds is 9. The van der Waals surface area contributed by atoms with Crippen molar-refractivity contribution in [1.29, 1.82) is 0 Å². The van der Waals surface area contributed by atoms with Crippen molar-refractivity contribution in [2.75, 3.05) is 44.2 Å². The fourth-order valence-electron chi connectivity index (χ4n) is 6.30. The van der Waals surface area contributed by atoms with Gasteiger partial charge in [0.1, 0.15) is 11.6 Å². The maximum atomic E-state index is 14.1. The van der Waals surface area contributed by atoms with Crippen molar-refractivity contribution in [3.8, 4) is 5.75 Å². The van der Waals surface area contributed by atoms with Gasteiger partial charge in [0.15, 0.2) is 0 Å². The monoisotopic (exact) mass is 621 g/mol. The van der Waals surface area contributed by atoms with Crippen LogP contribution in [0.15, 0.2) is 30.4 Å². The molecule has 2 aliphatic carbocycles. The molecule has 2 aliphatic heterocycles. The third-order valence-electron chi connectivity index (χ3n) is 8.55. The minimum atomic E-state index is -1.26. The second-order valence-electron chi connectivity index (χ2n) is 11.7. The number of nitrogens with zero attached hydrogens (tertiary/aromatic N) is 3. The Kier molecular flexibility index (Phi) is 11.3. The number of fused-ring (bicyclic) bond motifs is 1. The first-order valence-electron chi connectivity index (χ1n) is 14.9. The first kappa shape index (κ1) is 33.3. The molecule has 1 aromatic rings. The minimum absolute atomic E-state index is 0.0670. The summed E-state index contributed by atoms with van der Waals surface area (Å²) in [7, 11) is 0. The number of ether oxygens (including phenoxy) is 1. The van der Waals surface area contributed by atoms with E-state index in [0.717, 1.165) is 36.3 Å². The number of β-amino-alcohol motifs (C(OH)–C–C–N with tert-alkyl or cyclic N) is 1. The quantitative estimate of drug-likeness (QED) is 0.190. The van der Waals surface area contributed by atoms with Crippen molar-refractivity contribution < 1.29 is 53.8 Å². The van der Waals surface area contributed by atoms with Gasteiger partial charge in [0.25, 0.3) is 0 Å². The zero-order chi connectivity index (χ0) is 32.0. The summed E-state index contributed by atoms with van der Waals surface area (Å²) < 4.78 is 20.3. The number of benzene rings is 1. The predicted octanol–water partition coefficient (Wildman–Crippen LogP) is 0.459. The number of carbonyl (C=O) groups excluding carboxylic acids is 2. The zero-order valence-corrected chi connectivity index (χ0v) is 24.3. The van der Waals surface area contributed by atoms with E-state index in [9.17, 15) is 38.9 Å². The Bertz CT molecular complexity index is 1190. The number of anilines is 1. The largest absolute Gasteiger partial charge is 0.488 e. The van der Waals surface area contributed by atoms with Crippen molar-refractivity contribution in [3.63, 3.8) is 0 Å². The molecule has 1 aromatic carbocycles. The Morgan fingerprint density at radius 3 is 1.98 bits per heavy atom. The van der Waals surface area contributed by atoms with E-state index in [1.807, 2.05) is 0 Å². The third kappa shape index (κ3) is 8.52. The number of aliphatic hydroxyl groups excluding tert-OH is 3. The van der Waals surface area contributed by atoms with Crippen LogP contribution in [0.3, 0.4) is 0 Å². The molecule has 5 atom stereocenters. The van der Waals surface area contributed by atoms with Crippen molar-refractivity contribution in [2.45, 2.75) is 62.9 Å². The Morgan fingerprint density at radius 1 is 0.909 bits per heavy atom. The predicted molar refractivity (Wildman–Crippen MR) is 153 cm³/mol. The molecule has 5 N–H and O–H groups in total. The maximum Gasteiger partial charge on any atom is 0.328 e. The zero-order valence-electron chi connectivity index (χ0n) is 24.3. The number of amides is 2. The molecule has 0 aromatic heterocycles. The van der Waals surface area contributed by atoms with Crippen molar-refractivity contribution >= 4 is 29.4 Å². The molecule has 4 aliphatic rings. The summed E-state index contributed by atoms with van der Waals surface area (Å²) in [6, 6.07) is 4.66. The van der Waals surface area contributed by atoms with Gasteiger partial charge in [0, 0.05) is 50.9 Å². The van der Waals surface area contributed by atoms with Gasteiger partial charge >= 0.3 is 11.9 Å². The third-order valence-corrected chi connectivity index (χ3v) is 8.55. The molecule has 0 spiro atoms. The normalized spacial score (nSPS) is 26.8. The number of carboxylic acids is 2. The minimum Gasteiger partial charge on any atom is -0.488 e. The van der Waals surface area contributed by atoms with Crippen LogP contribution in [0.25, 0.3) is 0 Å². The van der Waals surface area contributed by atoms with E-state index in [2.05, 4.69) is 9.80 Å². The molecule has 2 saturated carbocycles. The number of likely N-dealkylation sites (tertiary alicyclic amines) is 1. The van der Waals surface area contributed by atoms with Gasteiger partial charge in [0.2, 0.25) is 11.8 Å². The van der Waals surface area contributed by atoms with Crippen molar-refractivity contribution in [1.82, 2.24) is 9.80 Å². The molecule has 242 valence electrons. The highest BCUT2D eigenvalue weighted by Crippen LogP contribution is 2.38. The number of halogens is 1. The average molecular weight is 622 g/mol. The number of piperazine rings is 1. The van der Waals surface area contributed by atoms with Crippen LogP contribution >= 0.6 is 0 Å². The van der Waals surface area contributed by atoms with Crippen LogP contribution in [0.2, 0.25) is 0 Å². The van der Waals surface area contributed by atoms with E-state index in [0.29, 0.717) is 50.6 Å². The lowest BCUT2D eigenvalue weighted by molar-refractivity contribution is -0.142. The number of aliphatic carboxylic acids is 2. The molecule has 13 nitrogen and oxygen atoms in total. The average Bonchev–Trinajstić information content (AvgIpc) is 3.57. The highest BCUT2D eigenvalue weighted by atomic mass is 19.1. The summed E-state index contributed by atoms with van der Waals surface area (Å²) in [5.41, 5.74) is 0.752. The first-order chi connectivity index (χ1) is 20.9. The molecule has 5 unspecified atom stereocenters. The number of carbonyl (C=O) groups is 4. The SMILES string of the molecule is O=C(O)C=CC(=O)O.O=C1C2CC(O)C(O)CC2C(=O)N1CC(O)CN1CCN(c2cc(F)ccc2OC2CCCC2)CC1. The van der Waals surface area contributed by atoms with Gasteiger partial charge in [-0.05, 0) is 50.7 Å². The molecule has 14 heteroatoms. The maximum absolute atomic E-state index is 14.1. The topological polar surface area (TPSA) is 188 Å². The lowest BCUT2D eigenvalue weighted by atomic mass is 9.78. The standard InChI is InChI=1S/C26H36FN3O6.C4H4O4/c27-16-5-6-24(36-18-3-1-2-4-18)21(11-16)29-9-7-28(8-10-29)14-17(31)15-30-25(34)19-12-22(32)23(33)13-20(19)26(30)35;5-3(6)1-2-4(7)8/h5-6,11,17-20,22-23,31-33H,1-4,7-10,12-15H2;1-2H,(H,5,6)(H,7,8). The fourth-order valence-corrected chi connectivity index (χ4v) is 6.30. The second-order valence-corrected chi connectivity index (χ2v) is 11.7. The number of imide groups is 1. The van der Waals surface area contributed by atoms with Gasteiger partial charge in [0.05, 0.1) is 48.5 Å². The Morgan fingerprint density at radius 2 is 1.45 bits per heavy atom. The van der Waals surface area contributed by atoms with E-state index in [4.69, 9.17) is 14.9 Å². The van der Waals surface area contributed by atoms with E-state index in [1.54, 1.807) is 6.07 Å². The van der Waals surface area contributed by atoms with Gasteiger partial charge in [-0.25, -0.2) is 14.0 Å². The summed E-state index contributed by atoms with van der Waals surface area (Å²) in [4.78, 5) is 49.9. The molecule has 2 saturated heterocycles. The molecule has 5 rings (SSSR count). The summed E-state index contributed by atoms with van der Waals surface area (Å²) in [5, 5.41) is 46.1. The molecule has 4 fully saturated rings. The fraction of sp³-hybridized carbons (Fsp3) is 0.600. The van der Waals surface area contributed by atoms with Crippen LogP contribution in [0.4, 0.5) is 10.1 Å². The van der Waals surface area contributed by atoms with Crippen LogP contribution in [-0.4, -0.2) is 123 Å². The Hall–Kier alpha value is -3.59. The smallest absolute Gasteiger partial charge is 0.328 e. The van der Waals surface area contributed by atoms with E-state index < -0.39 is 42.1 Å². The second kappa shape index (κ2) is 14.9. The summed E-state index contributed by atoms with van der Waals surface area (Å²) >= 11 is 0. The van der Waals surface area contributed by atoms with Gasteiger partial charge in [-0.2, -0.15) is 0 Å². The van der Waals surface area contributed by atoms with E-state index in [-0.39, 0.29) is 43.1 Å². The van der Waals surface area contributed by atoms with Gasteiger partial charge in [-0.1, -0.05) is 0 Å². The molecular formula is C30H40FN3O10. The van der Waals surface area contributed by atoms with E-state index >= 15 is 0 Å². The molecule has 0 bridgehead atoms. The van der Waals surface area contributed by atoms with Crippen molar-refractivity contribution in [2.24, 2.45) is 11.8 Å². The molecular weight excluding hydrogens is 581 g/mol. The molecule has 0 radical (unpaired) electrons. The number of hydrogen-bond donors (Lipinski definition) is 5. The lowest BCUT2D eigenvalue weighted by Crippen LogP contribution is -2.50. The van der Waals surface area contributed by atoms with Gasteiger partial charge in [-0.3, -0.25) is 19.4 Å². The Balaban J connectivity index is 0.000000488. The lowest BCUT2D eigenvalue weighted by Gasteiger charge is -2.38. The van der Waals surface area contributed by atoms with Crippen LogP contribution in [0.5, 0.6) is 5.75 Å². The summed E-state index contributed by atoms with van der Waals surface area (Å²) in [6.07, 6.45) is 2.86. The van der Waals surface area contributed by atoms with Crippen LogP contribution < -0.4 is 9.64 Å². The highest BCUT2D eigenvalue weighted by molar-refractivity contribution is 6.05.